The van der Waals surface area contributed by atoms with Crippen LogP contribution in [0.4, 0.5) is 4.39 Å². The lowest BCUT2D eigenvalue weighted by molar-refractivity contribution is -0.0136. The van der Waals surface area contributed by atoms with Gasteiger partial charge in [0.25, 0.3) is 5.78 Å². The Morgan fingerprint density at radius 2 is 2.15 bits per heavy atom. The Morgan fingerprint density at radius 1 is 1.31 bits per heavy atom. The monoisotopic (exact) mass is 353 g/mol. The molecular weight excluding hydrogens is 333 g/mol. The maximum absolute atomic E-state index is 13.6. The zero-order valence-electron chi connectivity index (χ0n) is 14.8. The number of morpholine rings is 1. The first kappa shape index (κ1) is 16.7. The third-order valence-electron chi connectivity index (χ3n) is 4.68. The minimum Gasteiger partial charge on any atom is -0.368 e. The van der Waals surface area contributed by atoms with E-state index in [2.05, 4.69) is 26.5 Å². The van der Waals surface area contributed by atoms with Gasteiger partial charge in [-0.25, -0.2) is 9.37 Å². The zero-order valence-corrected chi connectivity index (χ0v) is 14.8. The second-order valence-electron chi connectivity index (χ2n) is 6.51. The molecular formula is C19H20FN5O. The molecule has 26 heavy (non-hydrogen) atoms. The second kappa shape index (κ2) is 6.49. The van der Waals surface area contributed by atoms with E-state index in [1.54, 1.807) is 17.5 Å². The SMILES string of the molecule is C=C(c1ccc(F)c(C)c1)N1CCOC(c2cc(C)nc3ncnn23)C1. The first-order valence-electron chi connectivity index (χ1n) is 8.52. The van der Waals surface area contributed by atoms with Gasteiger partial charge < -0.3 is 9.64 Å². The van der Waals surface area contributed by atoms with Crippen LogP contribution in [0.15, 0.2) is 37.2 Å². The lowest BCUT2D eigenvalue weighted by Crippen LogP contribution is -2.37. The van der Waals surface area contributed by atoms with Gasteiger partial charge in [0, 0.05) is 24.5 Å². The van der Waals surface area contributed by atoms with Crippen LogP contribution in [-0.2, 0) is 4.74 Å². The van der Waals surface area contributed by atoms with Gasteiger partial charge >= 0.3 is 0 Å². The summed E-state index contributed by atoms with van der Waals surface area (Å²) >= 11 is 0. The fraction of sp³-hybridized carbons (Fsp3) is 0.316. The molecule has 0 spiro atoms. The quantitative estimate of drug-likeness (QED) is 0.725. The van der Waals surface area contributed by atoms with E-state index in [0.29, 0.717) is 24.5 Å². The number of rotatable bonds is 3. The van der Waals surface area contributed by atoms with Gasteiger partial charge in [-0.3, -0.25) is 0 Å². The van der Waals surface area contributed by atoms with Crippen LogP contribution in [0.3, 0.4) is 0 Å². The van der Waals surface area contributed by atoms with Gasteiger partial charge in [-0.05, 0) is 49.2 Å². The standard InChI is InChI=1S/C19H20FN5O/c1-12-8-15(4-5-16(12)20)14(3)24-6-7-26-18(10-24)17-9-13(2)23-19-21-11-22-25(17)19/h4-5,8-9,11,18H,3,6-7,10H2,1-2H3. The summed E-state index contributed by atoms with van der Waals surface area (Å²) in [5, 5.41) is 4.26. The summed E-state index contributed by atoms with van der Waals surface area (Å²) in [5.74, 6) is 0.357. The highest BCUT2D eigenvalue weighted by Gasteiger charge is 2.26. The fourth-order valence-corrected chi connectivity index (χ4v) is 3.27. The molecule has 1 aliphatic heterocycles. The second-order valence-corrected chi connectivity index (χ2v) is 6.51. The number of hydrogen-bond donors (Lipinski definition) is 0. The summed E-state index contributed by atoms with van der Waals surface area (Å²) in [5.41, 5.74) is 4.18. The van der Waals surface area contributed by atoms with Crippen molar-refractivity contribution in [2.45, 2.75) is 20.0 Å². The van der Waals surface area contributed by atoms with Crippen molar-refractivity contribution in [2.24, 2.45) is 0 Å². The van der Waals surface area contributed by atoms with Crippen molar-refractivity contribution in [1.29, 1.82) is 0 Å². The molecule has 0 aliphatic carbocycles. The van der Waals surface area contributed by atoms with Crippen LogP contribution < -0.4 is 0 Å². The van der Waals surface area contributed by atoms with Crippen LogP contribution in [-0.4, -0.2) is 44.2 Å². The van der Waals surface area contributed by atoms with Gasteiger partial charge in [-0.15, -0.1) is 0 Å². The minimum absolute atomic E-state index is 0.173. The van der Waals surface area contributed by atoms with E-state index in [9.17, 15) is 4.39 Å². The number of benzene rings is 1. The van der Waals surface area contributed by atoms with Crippen molar-refractivity contribution in [2.75, 3.05) is 19.7 Å². The summed E-state index contributed by atoms with van der Waals surface area (Å²) in [6.07, 6.45) is 1.32. The third-order valence-corrected chi connectivity index (χ3v) is 4.68. The molecule has 1 atom stereocenters. The molecule has 6 nitrogen and oxygen atoms in total. The van der Waals surface area contributed by atoms with Gasteiger partial charge in [0.2, 0.25) is 0 Å². The fourth-order valence-electron chi connectivity index (χ4n) is 3.27. The number of aromatic nitrogens is 4. The summed E-state index contributed by atoms with van der Waals surface area (Å²) in [6, 6.07) is 7.05. The topological polar surface area (TPSA) is 55.5 Å². The molecule has 1 unspecified atom stereocenters. The average Bonchev–Trinajstić information content (AvgIpc) is 3.11. The molecule has 1 aliphatic rings. The minimum atomic E-state index is -0.206. The predicted molar refractivity (Wildman–Crippen MR) is 96.0 cm³/mol. The summed E-state index contributed by atoms with van der Waals surface area (Å²) < 4.78 is 21.3. The number of aryl methyl sites for hydroxylation is 2. The Bertz CT molecular complexity index is 983. The molecule has 1 aromatic carbocycles. The van der Waals surface area contributed by atoms with Crippen LogP contribution in [0.1, 0.15) is 28.6 Å². The predicted octanol–water partition coefficient (Wildman–Crippen LogP) is 2.92. The van der Waals surface area contributed by atoms with Crippen LogP contribution in [0.2, 0.25) is 0 Å². The first-order valence-corrected chi connectivity index (χ1v) is 8.52. The number of nitrogens with zero attached hydrogens (tertiary/aromatic N) is 5. The van der Waals surface area contributed by atoms with Crippen LogP contribution in [0.5, 0.6) is 0 Å². The molecule has 4 rings (SSSR count). The molecule has 134 valence electrons. The number of ether oxygens (including phenoxy) is 1. The van der Waals surface area contributed by atoms with Crippen LogP contribution in [0.25, 0.3) is 11.5 Å². The Balaban J connectivity index is 1.62. The average molecular weight is 353 g/mol. The molecule has 1 saturated heterocycles. The van der Waals surface area contributed by atoms with Gasteiger partial charge in [0.05, 0.1) is 12.3 Å². The lowest BCUT2D eigenvalue weighted by atomic mass is 10.1. The Morgan fingerprint density at radius 3 is 2.96 bits per heavy atom. The largest absolute Gasteiger partial charge is 0.368 e. The zero-order chi connectivity index (χ0) is 18.3. The number of halogens is 1. The van der Waals surface area contributed by atoms with Crippen molar-refractivity contribution >= 4 is 11.5 Å². The first-order chi connectivity index (χ1) is 12.5. The Hall–Kier alpha value is -2.80. The van der Waals surface area contributed by atoms with E-state index in [-0.39, 0.29) is 11.9 Å². The molecule has 0 N–H and O–H groups in total. The van der Waals surface area contributed by atoms with E-state index >= 15 is 0 Å². The van der Waals surface area contributed by atoms with E-state index in [4.69, 9.17) is 4.74 Å². The molecule has 7 heteroatoms. The highest BCUT2D eigenvalue weighted by molar-refractivity contribution is 5.62. The number of hydrogen-bond acceptors (Lipinski definition) is 5. The Kier molecular flexibility index (Phi) is 4.16. The van der Waals surface area contributed by atoms with Crippen LogP contribution >= 0.6 is 0 Å². The molecule has 0 bridgehead atoms. The summed E-state index contributed by atoms with van der Waals surface area (Å²) in [4.78, 5) is 10.7. The highest BCUT2D eigenvalue weighted by atomic mass is 19.1. The normalized spacial score (nSPS) is 17.7. The highest BCUT2D eigenvalue weighted by Crippen LogP contribution is 2.28. The third kappa shape index (κ3) is 2.94. The van der Waals surface area contributed by atoms with Crippen molar-refractivity contribution < 1.29 is 9.13 Å². The summed E-state index contributed by atoms with van der Waals surface area (Å²) in [7, 11) is 0. The lowest BCUT2D eigenvalue weighted by Gasteiger charge is -2.36. The smallest absolute Gasteiger partial charge is 0.252 e. The van der Waals surface area contributed by atoms with Gasteiger partial charge in [0.1, 0.15) is 18.2 Å². The molecule has 0 saturated carbocycles. The van der Waals surface area contributed by atoms with Gasteiger partial charge in [0.15, 0.2) is 0 Å². The van der Waals surface area contributed by atoms with Crippen molar-refractivity contribution in [3.05, 3.63) is 65.5 Å². The maximum Gasteiger partial charge on any atom is 0.252 e. The molecule has 3 heterocycles. The molecule has 2 aromatic heterocycles. The number of fused-ring (bicyclic) bond motifs is 1. The maximum atomic E-state index is 13.6. The van der Waals surface area contributed by atoms with Crippen molar-refractivity contribution in [3.8, 4) is 0 Å². The van der Waals surface area contributed by atoms with Gasteiger partial charge in [-0.2, -0.15) is 14.6 Å². The summed E-state index contributed by atoms with van der Waals surface area (Å²) in [6.45, 7) is 9.84. The van der Waals surface area contributed by atoms with E-state index in [1.165, 1.54) is 12.4 Å². The Labute approximate surface area is 150 Å². The van der Waals surface area contributed by atoms with Crippen molar-refractivity contribution in [3.63, 3.8) is 0 Å². The van der Waals surface area contributed by atoms with E-state index in [1.807, 2.05) is 19.1 Å². The molecule has 1 fully saturated rings. The van der Waals surface area contributed by atoms with E-state index < -0.39 is 0 Å². The van der Waals surface area contributed by atoms with Crippen molar-refractivity contribution in [1.82, 2.24) is 24.5 Å². The molecule has 0 amide bonds. The van der Waals surface area contributed by atoms with E-state index in [0.717, 1.165) is 29.2 Å². The van der Waals surface area contributed by atoms with Gasteiger partial charge in [-0.1, -0.05) is 6.58 Å². The molecule has 0 radical (unpaired) electrons. The molecule has 3 aromatic rings. The van der Waals surface area contributed by atoms with Crippen LogP contribution in [0, 0.1) is 19.7 Å².